The highest BCUT2D eigenvalue weighted by Gasteiger charge is 2.13. The number of likely N-dealkylation sites (N-methyl/N-ethyl adjacent to an activating group) is 1. The standard InChI is InChI=1S/C17H25BrN2O3/c1-12(2)11-23-8-7-17(22)20(4)10-16(21)19-15-6-5-14(18)9-13(15)3/h5-6,9,12H,7-8,10-11H2,1-4H3,(H,19,21). The van der Waals surface area contributed by atoms with Gasteiger partial charge in [0.2, 0.25) is 11.8 Å². The zero-order valence-electron chi connectivity index (χ0n) is 14.2. The highest BCUT2D eigenvalue weighted by atomic mass is 79.9. The number of amides is 2. The third kappa shape index (κ3) is 7.61. The van der Waals surface area contributed by atoms with Crippen LogP contribution in [0.25, 0.3) is 0 Å². The predicted molar refractivity (Wildman–Crippen MR) is 95.4 cm³/mol. The largest absolute Gasteiger partial charge is 0.381 e. The van der Waals surface area contributed by atoms with Crippen LogP contribution in [0.5, 0.6) is 0 Å². The smallest absolute Gasteiger partial charge is 0.243 e. The van der Waals surface area contributed by atoms with Gasteiger partial charge in [0, 0.05) is 23.8 Å². The molecule has 0 radical (unpaired) electrons. The molecule has 6 heteroatoms. The number of carbonyl (C=O) groups is 2. The summed E-state index contributed by atoms with van der Waals surface area (Å²) in [5.41, 5.74) is 1.71. The fraction of sp³-hybridized carbons (Fsp3) is 0.529. The number of rotatable bonds is 8. The molecule has 23 heavy (non-hydrogen) atoms. The van der Waals surface area contributed by atoms with Gasteiger partial charge in [-0.15, -0.1) is 0 Å². The molecule has 5 nitrogen and oxygen atoms in total. The fourth-order valence-electron chi connectivity index (χ4n) is 1.93. The minimum absolute atomic E-state index is 0.0263. The van der Waals surface area contributed by atoms with Gasteiger partial charge >= 0.3 is 0 Å². The Labute approximate surface area is 146 Å². The number of anilines is 1. The zero-order valence-corrected chi connectivity index (χ0v) is 15.8. The summed E-state index contributed by atoms with van der Waals surface area (Å²) in [4.78, 5) is 25.4. The summed E-state index contributed by atoms with van der Waals surface area (Å²) in [7, 11) is 1.62. The van der Waals surface area contributed by atoms with Crippen LogP contribution >= 0.6 is 15.9 Å². The Morgan fingerprint density at radius 1 is 1.35 bits per heavy atom. The van der Waals surface area contributed by atoms with E-state index in [1.807, 2.05) is 25.1 Å². The number of nitrogens with zero attached hydrogens (tertiary/aromatic N) is 1. The molecule has 2 amide bonds. The molecule has 0 aliphatic heterocycles. The van der Waals surface area contributed by atoms with Crippen molar-refractivity contribution < 1.29 is 14.3 Å². The molecule has 128 valence electrons. The summed E-state index contributed by atoms with van der Waals surface area (Å²) in [6.07, 6.45) is 0.286. The molecule has 0 spiro atoms. The van der Waals surface area contributed by atoms with Crippen molar-refractivity contribution in [1.29, 1.82) is 0 Å². The molecule has 0 saturated heterocycles. The van der Waals surface area contributed by atoms with Gasteiger partial charge in [0.1, 0.15) is 0 Å². The topological polar surface area (TPSA) is 58.6 Å². The van der Waals surface area contributed by atoms with Gasteiger partial charge < -0.3 is 15.0 Å². The van der Waals surface area contributed by atoms with E-state index in [1.165, 1.54) is 4.90 Å². The summed E-state index contributed by atoms with van der Waals surface area (Å²) < 4.78 is 6.35. The van der Waals surface area contributed by atoms with Crippen LogP contribution in [-0.2, 0) is 14.3 Å². The van der Waals surface area contributed by atoms with Crippen molar-refractivity contribution in [1.82, 2.24) is 4.90 Å². The van der Waals surface area contributed by atoms with Crippen LogP contribution in [0.4, 0.5) is 5.69 Å². The molecule has 1 aromatic rings. The SMILES string of the molecule is Cc1cc(Br)ccc1NC(=O)CN(C)C(=O)CCOCC(C)C. The van der Waals surface area contributed by atoms with Crippen LogP contribution in [0.2, 0.25) is 0 Å². The van der Waals surface area contributed by atoms with E-state index < -0.39 is 0 Å². The van der Waals surface area contributed by atoms with Gasteiger partial charge in [0.25, 0.3) is 0 Å². The van der Waals surface area contributed by atoms with E-state index in [2.05, 4.69) is 35.1 Å². The number of benzene rings is 1. The third-order valence-corrected chi connectivity index (χ3v) is 3.67. The van der Waals surface area contributed by atoms with Crippen LogP contribution in [0.3, 0.4) is 0 Å². The summed E-state index contributed by atoms with van der Waals surface area (Å²) in [6.45, 7) is 7.08. The van der Waals surface area contributed by atoms with Crippen LogP contribution in [-0.4, -0.2) is 43.5 Å². The van der Waals surface area contributed by atoms with Crippen LogP contribution in [0, 0.1) is 12.8 Å². The molecule has 0 aromatic heterocycles. The first-order valence-corrected chi connectivity index (χ1v) is 8.46. The number of nitrogens with one attached hydrogen (secondary N) is 1. The van der Waals surface area contributed by atoms with Crippen LogP contribution in [0.15, 0.2) is 22.7 Å². The Bertz CT molecular complexity index is 547. The number of hydrogen-bond donors (Lipinski definition) is 1. The lowest BCUT2D eigenvalue weighted by Gasteiger charge is -2.17. The minimum Gasteiger partial charge on any atom is -0.381 e. The third-order valence-electron chi connectivity index (χ3n) is 3.18. The van der Waals surface area contributed by atoms with E-state index in [9.17, 15) is 9.59 Å². The van der Waals surface area contributed by atoms with Crippen molar-refractivity contribution in [2.24, 2.45) is 5.92 Å². The second-order valence-corrected chi connectivity index (χ2v) is 6.89. The molecule has 0 fully saturated rings. The van der Waals surface area contributed by atoms with Gasteiger partial charge in [-0.1, -0.05) is 29.8 Å². The van der Waals surface area contributed by atoms with Crippen molar-refractivity contribution in [3.8, 4) is 0 Å². The maximum Gasteiger partial charge on any atom is 0.243 e. The maximum atomic E-state index is 12.0. The first kappa shape index (κ1) is 19.6. The summed E-state index contributed by atoms with van der Waals surface area (Å²) >= 11 is 3.38. The van der Waals surface area contributed by atoms with Crippen LogP contribution < -0.4 is 5.32 Å². The van der Waals surface area contributed by atoms with Gasteiger partial charge in [0.05, 0.1) is 19.6 Å². The van der Waals surface area contributed by atoms with Crippen molar-refractivity contribution in [3.63, 3.8) is 0 Å². The van der Waals surface area contributed by atoms with Crippen LogP contribution in [0.1, 0.15) is 25.8 Å². The minimum atomic E-state index is -0.214. The van der Waals surface area contributed by atoms with Gasteiger partial charge in [-0.3, -0.25) is 9.59 Å². The highest BCUT2D eigenvalue weighted by Crippen LogP contribution is 2.19. The number of aryl methyl sites for hydroxylation is 1. The number of ether oxygens (including phenoxy) is 1. The molecule has 0 atom stereocenters. The lowest BCUT2D eigenvalue weighted by Crippen LogP contribution is -2.35. The summed E-state index contributed by atoms with van der Waals surface area (Å²) in [5.74, 6) is 0.133. The Balaban J connectivity index is 2.39. The summed E-state index contributed by atoms with van der Waals surface area (Å²) in [5, 5.41) is 2.82. The lowest BCUT2D eigenvalue weighted by atomic mass is 10.2. The van der Waals surface area contributed by atoms with Crippen molar-refractivity contribution in [2.75, 3.05) is 32.1 Å². The van der Waals surface area contributed by atoms with E-state index in [-0.39, 0.29) is 24.8 Å². The van der Waals surface area contributed by atoms with E-state index in [4.69, 9.17) is 4.74 Å². The van der Waals surface area contributed by atoms with E-state index in [0.29, 0.717) is 19.1 Å². The molecule has 1 aromatic carbocycles. The maximum absolute atomic E-state index is 12.0. The second kappa shape index (κ2) is 9.67. The first-order chi connectivity index (χ1) is 10.8. The summed E-state index contributed by atoms with van der Waals surface area (Å²) in [6, 6.07) is 5.62. The van der Waals surface area contributed by atoms with E-state index in [1.54, 1.807) is 7.05 Å². The number of hydrogen-bond acceptors (Lipinski definition) is 3. The van der Waals surface area contributed by atoms with Crippen molar-refractivity contribution in [3.05, 3.63) is 28.2 Å². The van der Waals surface area contributed by atoms with Gasteiger partial charge in [0.15, 0.2) is 0 Å². The van der Waals surface area contributed by atoms with Gasteiger partial charge in [-0.05, 0) is 36.6 Å². The van der Waals surface area contributed by atoms with E-state index >= 15 is 0 Å². The average Bonchev–Trinajstić information content (AvgIpc) is 2.46. The quantitative estimate of drug-likeness (QED) is 0.699. The van der Waals surface area contributed by atoms with Crippen molar-refractivity contribution >= 4 is 33.4 Å². The van der Waals surface area contributed by atoms with Crippen molar-refractivity contribution in [2.45, 2.75) is 27.2 Å². The Morgan fingerprint density at radius 3 is 2.65 bits per heavy atom. The van der Waals surface area contributed by atoms with E-state index in [0.717, 1.165) is 15.7 Å². The number of halogens is 1. The Kier molecular flexibility index (Phi) is 8.26. The fourth-order valence-corrected chi connectivity index (χ4v) is 2.41. The molecular formula is C17H25BrN2O3. The predicted octanol–water partition coefficient (Wildman–Crippen LogP) is 3.22. The molecule has 0 heterocycles. The monoisotopic (exact) mass is 384 g/mol. The van der Waals surface area contributed by atoms with Gasteiger partial charge in [-0.2, -0.15) is 0 Å². The Hall–Kier alpha value is -1.40. The molecule has 0 unspecified atom stereocenters. The molecule has 1 rings (SSSR count). The first-order valence-electron chi connectivity index (χ1n) is 7.67. The number of carbonyl (C=O) groups excluding carboxylic acids is 2. The molecule has 0 bridgehead atoms. The average molecular weight is 385 g/mol. The molecule has 0 aliphatic rings. The van der Waals surface area contributed by atoms with Gasteiger partial charge in [-0.25, -0.2) is 0 Å². The zero-order chi connectivity index (χ0) is 17.4. The molecule has 0 aliphatic carbocycles. The molecule has 0 saturated carbocycles. The lowest BCUT2D eigenvalue weighted by molar-refractivity contribution is -0.134. The Morgan fingerprint density at radius 2 is 2.04 bits per heavy atom. The molecular weight excluding hydrogens is 360 g/mol. The second-order valence-electron chi connectivity index (χ2n) is 5.98. The normalized spacial score (nSPS) is 10.7. The highest BCUT2D eigenvalue weighted by molar-refractivity contribution is 9.10. The molecule has 1 N–H and O–H groups in total.